The predicted molar refractivity (Wildman–Crippen MR) is 42.4 cm³/mol. The summed E-state index contributed by atoms with van der Waals surface area (Å²) in [7, 11) is 0. The van der Waals surface area contributed by atoms with Gasteiger partial charge in [0.2, 0.25) is 0 Å². The Labute approximate surface area is 65.0 Å². The van der Waals surface area contributed by atoms with Crippen molar-refractivity contribution in [2.75, 3.05) is 23.7 Å². The molecule has 1 aromatic rings. The monoisotopic (exact) mass is 153 g/mol. The molecule has 11 heavy (non-hydrogen) atoms. The van der Waals surface area contributed by atoms with Crippen LogP contribution < -0.4 is 10.6 Å². The van der Waals surface area contributed by atoms with E-state index in [1.807, 2.05) is 0 Å². The molecule has 1 fully saturated rings. The summed E-state index contributed by atoms with van der Waals surface area (Å²) in [4.78, 5) is 6.14. The first-order valence-electron chi connectivity index (χ1n) is 3.82. The van der Waals surface area contributed by atoms with Gasteiger partial charge in [-0.05, 0) is 12.8 Å². The van der Waals surface area contributed by atoms with Crippen molar-refractivity contribution in [3.63, 3.8) is 0 Å². The van der Waals surface area contributed by atoms with E-state index >= 15 is 0 Å². The maximum atomic E-state index is 5.41. The Morgan fingerprint density at radius 2 is 2.18 bits per heavy atom. The molecule has 60 valence electrons. The van der Waals surface area contributed by atoms with Gasteiger partial charge in [-0.25, -0.2) is 0 Å². The smallest absolute Gasteiger partial charge is 0.299 e. The fraction of sp³-hybridized carbons (Fsp3) is 0.571. The van der Waals surface area contributed by atoms with Crippen molar-refractivity contribution in [2.45, 2.75) is 12.8 Å². The molecule has 1 aromatic heterocycles. The van der Waals surface area contributed by atoms with Crippen LogP contribution >= 0.6 is 0 Å². The molecular weight excluding hydrogens is 142 g/mol. The van der Waals surface area contributed by atoms with Crippen LogP contribution in [0.4, 0.5) is 11.8 Å². The van der Waals surface area contributed by atoms with Gasteiger partial charge in [0, 0.05) is 13.1 Å². The van der Waals surface area contributed by atoms with Crippen LogP contribution in [0.5, 0.6) is 0 Å². The standard InChI is InChI=1S/C7H11N3O/c8-6-5-11-7(9-6)10-3-1-2-4-10/h5H,1-4,8H2. The highest BCUT2D eigenvalue weighted by Crippen LogP contribution is 2.19. The minimum atomic E-state index is 0.465. The molecule has 2 rings (SSSR count). The van der Waals surface area contributed by atoms with Gasteiger partial charge in [0.25, 0.3) is 6.01 Å². The molecule has 0 bridgehead atoms. The van der Waals surface area contributed by atoms with Gasteiger partial charge in [0.05, 0.1) is 0 Å². The lowest BCUT2D eigenvalue weighted by Gasteiger charge is -2.09. The second-order valence-electron chi connectivity index (χ2n) is 2.75. The van der Waals surface area contributed by atoms with Gasteiger partial charge in [-0.2, -0.15) is 4.98 Å². The zero-order valence-electron chi connectivity index (χ0n) is 6.29. The first-order valence-corrected chi connectivity index (χ1v) is 3.82. The molecule has 1 aliphatic heterocycles. The third kappa shape index (κ3) is 1.15. The number of nitrogens with two attached hydrogens (primary N) is 1. The molecule has 0 amide bonds. The van der Waals surface area contributed by atoms with Crippen molar-refractivity contribution < 1.29 is 4.42 Å². The van der Waals surface area contributed by atoms with E-state index in [4.69, 9.17) is 10.2 Å². The van der Waals surface area contributed by atoms with Crippen molar-refractivity contribution in [3.8, 4) is 0 Å². The zero-order chi connectivity index (χ0) is 7.68. The molecule has 1 saturated heterocycles. The summed E-state index contributed by atoms with van der Waals surface area (Å²) in [5.41, 5.74) is 5.41. The molecule has 1 aliphatic rings. The second kappa shape index (κ2) is 2.45. The normalized spacial score (nSPS) is 17.6. The number of aromatic nitrogens is 1. The fourth-order valence-corrected chi connectivity index (χ4v) is 1.33. The summed E-state index contributed by atoms with van der Waals surface area (Å²) < 4.78 is 5.14. The van der Waals surface area contributed by atoms with Gasteiger partial charge in [-0.3, -0.25) is 0 Å². The average molecular weight is 153 g/mol. The number of rotatable bonds is 1. The van der Waals surface area contributed by atoms with Gasteiger partial charge >= 0.3 is 0 Å². The van der Waals surface area contributed by atoms with Gasteiger partial charge in [0.1, 0.15) is 6.26 Å². The van der Waals surface area contributed by atoms with Crippen LogP contribution in [-0.2, 0) is 0 Å². The van der Waals surface area contributed by atoms with Crippen LogP contribution in [-0.4, -0.2) is 18.1 Å². The molecule has 0 aromatic carbocycles. The third-order valence-corrected chi connectivity index (χ3v) is 1.89. The van der Waals surface area contributed by atoms with Gasteiger partial charge in [-0.15, -0.1) is 0 Å². The molecule has 0 saturated carbocycles. The van der Waals surface area contributed by atoms with E-state index in [9.17, 15) is 0 Å². The Balaban J connectivity index is 2.15. The van der Waals surface area contributed by atoms with E-state index < -0.39 is 0 Å². The quantitative estimate of drug-likeness (QED) is 0.650. The van der Waals surface area contributed by atoms with E-state index in [-0.39, 0.29) is 0 Å². The molecule has 0 unspecified atom stereocenters. The van der Waals surface area contributed by atoms with Crippen LogP contribution in [0.1, 0.15) is 12.8 Å². The zero-order valence-corrected chi connectivity index (χ0v) is 6.29. The van der Waals surface area contributed by atoms with Crippen molar-refractivity contribution in [1.29, 1.82) is 0 Å². The lowest BCUT2D eigenvalue weighted by molar-refractivity contribution is 0.547. The highest BCUT2D eigenvalue weighted by Gasteiger charge is 2.16. The van der Waals surface area contributed by atoms with E-state index in [0.29, 0.717) is 11.8 Å². The molecule has 4 nitrogen and oxygen atoms in total. The lowest BCUT2D eigenvalue weighted by atomic mass is 10.4. The molecule has 0 radical (unpaired) electrons. The Kier molecular flexibility index (Phi) is 1.45. The van der Waals surface area contributed by atoms with E-state index in [2.05, 4.69) is 9.88 Å². The van der Waals surface area contributed by atoms with E-state index in [1.165, 1.54) is 19.1 Å². The number of anilines is 2. The highest BCUT2D eigenvalue weighted by molar-refractivity contribution is 5.35. The molecule has 0 spiro atoms. The largest absolute Gasteiger partial charge is 0.430 e. The van der Waals surface area contributed by atoms with Gasteiger partial charge in [0.15, 0.2) is 5.82 Å². The minimum Gasteiger partial charge on any atom is -0.430 e. The van der Waals surface area contributed by atoms with Crippen LogP contribution in [0.2, 0.25) is 0 Å². The topological polar surface area (TPSA) is 55.3 Å². The molecule has 0 aliphatic carbocycles. The third-order valence-electron chi connectivity index (χ3n) is 1.89. The van der Waals surface area contributed by atoms with Crippen molar-refractivity contribution >= 4 is 11.8 Å². The first-order chi connectivity index (χ1) is 5.36. The van der Waals surface area contributed by atoms with Crippen molar-refractivity contribution in [3.05, 3.63) is 6.26 Å². The van der Waals surface area contributed by atoms with Crippen LogP contribution in [0.25, 0.3) is 0 Å². The average Bonchev–Trinajstić information content (AvgIpc) is 2.55. The molecule has 2 heterocycles. The Morgan fingerprint density at radius 3 is 2.73 bits per heavy atom. The predicted octanol–water partition coefficient (Wildman–Crippen LogP) is 0.857. The van der Waals surface area contributed by atoms with E-state index in [0.717, 1.165) is 13.1 Å². The Bertz CT molecular complexity index is 240. The molecule has 4 heteroatoms. The molecule has 0 atom stereocenters. The van der Waals surface area contributed by atoms with Crippen molar-refractivity contribution in [2.24, 2.45) is 0 Å². The number of nitrogen functional groups attached to an aromatic ring is 1. The second-order valence-corrected chi connectivity index (χ2v) is 2.75. The summed E-state index contributed by atoms with van der Waals surface area (Å²) in [5, 5.41) is 0. The summed E-state index contributed by atoms with van der Waals surface area (Å²) in [6, 6.07) is 0.667. The van der Waals surface area contributed by atoms with Crippen LogP contribution in [0.15, 0.2) is 10.7 Å². The molecular formula is C7H11N3O. The minimum absolute atomic E-state index is 0.465. The highest BCUT2D eigenvalue weighted by atomic mass is 16.4. The summed E-state index contributed by atoms with van der Waals surface area (Å²) >= 11 is 0. The van der Waals surface area contributed by atoms with Gasteiger partial charge in [-0.1, -0.05) is 0 Å². The van der Waals surface area contributed by atoms with Gasteiger partial charge < -0.3 is 15.1 Å². The van der Waals surface area contributed by atoms with E-state index in [1.54, 1.807) is 0 Å². The van der Waals surface area contributed by atoms with Crippen LogP contribution in [0.3, 0.4) is 0 Å². The summed E-state index contributed by atoms with van der Waals surface area (Å²) in [6.07, 6.45) is 3.93. The first kappa shape index (κ1) is 6.52. The number of hydrogen-bond donors (Lipinski definition) is 1. The number of hydrogen-bond acceptors (Lipinski definition) is 4. The Morgan fingerprint density at radius 1 is 1.45 bits per heavy atom. The molecule has 2 N–H and O–H groups in total. The SMILES string of the molecule is Nc1coc(N2CCCC2)n1. The number of nitrogens with zero attached hydrogens (tertiary/aromatic N) is 2. The van der Waals surface area contributed by atoms with Crippen molar-refractivity contribution in [1.82, 2.24) is 4.98 Å². The number of oxazole rings is 1. The maximum absolute atomic E-state index is 5.41. The summed E-state index contributed by atoms with van der Waals surface area (Å²) in [5.74, 6) is 0.465. The lowest BCUT2D eigenvalue weighted by Crippen LogP contribution is -2.17. The van der Waals surface area contributed by atoms with Crippen LogP contribution in [0, 0.1) is 0 Å². The maximum Gasteiger partial charge on any atom is 0.299 e. The Hall–Kier alpha value is -1.19. The summed E-state index contributed by atoms with van der Waals surface area (Å²) in [6.45, 7) is 2.08. The fourth-order valence-electron chi connectivity index (χ4n) is 1.33.